The Labute approximate surface area is 135 Å². The van der Waals surface area contributed by atoms with Gasteiger partial charge in [-0.15, -0.1) is 0 Å². The van der Waals surface area contributed by atoms with Crippen LogP contribution in [0.3, 0.4) is 0 Å². The lowest BCUT2D eigenvalue weighted by molar-refractivity contribution is 0.470. The Bertz CT molecular complexity index is 612. The van der Waals surface area contributed by atoms with Gasteiger partial charge in [0.1, 0.15) is 11.5 Å². The predicted octanol–water partition coefficient (Wildman–Crippen LogP) is 5.56. The molecule has 0 heterocycles. The quantitative estimate of drug-likeness (QED) is 0.788. The molecule has 0 radical (unpaired) electrons. The molecule has 1 unspecified atom stereocenters. The fourth-order valence-corrected chi connectivity index (χ4v) is 2.46. The second-order valence-corrected chi connectivity index (χ2v) is 7.26. The number of hydrogen-bond donors (Lipinski definition) is 1. The van der Waals surface area contributed by atoms with Crippen molar-refractivity contribution in [2.45, 2.75) is 39.2 Å². The second-order valence-electron chi connectivity index (χ2n) is 6.35. The van der Waals surface area contributed by atoms with Gasteiger partial charge in [-0.3, -0.25) is 0 Å². The minimum Gasteiger partial charge on any atom is -0.457 e. The van der Waals surface area contributed by atoms with Crippen molar-refractivity contribution >= 4 is 15.9 Å². The molecule has 112 valence electrons. The van der Waals surface area contributed by atoms with Crippen LogP contribution >= 0.6 is 15.9 Å². The molecule has 2 rings (SSSR count). The summed E-state index contributed by atoms with van der Waals surface area (Å²) in [6.45, 7) is 8.56. The van der Waals surface area contributed by atoms with Crippen molar-refractivity contribution in [2.24, 2.45) is 5.73 Å². The van der Waals surface area contributed by atoms with Gasteiger partial charge in [-0.1, -0.05) is 54.9 Å². The third-order valence-electron chi connectivity index (χ3n) is 3.41. The summed E-state index contributed by atoms with van der Waals surface area (Å²) < 4.78 is 6.99. The maximum Gasteiger partial charge on any atom is 0.133 e. The maximum absolute atomic E-state index is 6.01. The first kappa shape index (κ1) is 16.1. The number of rotatable bonds is 3. The number of nitrogens with two attached hydrogens (primary N) is 1. The molecule has 0 aliphatic carbocycles. The van der Waals surface area contributed by atoms with Gasteiger partial charge in [0.05, 0.1) is 0 Å². The summed E-state index contributed by atoms with van der Waals surface area (Å²) in [7, 11) is 0. The second kappa shape index (κ2) is 6.20. The van der Waals surface area contributed by atoms with Crippen LogP contribution in [0, 0.1) is 0 Å². The molecule has 0 saturated carbocycles. The summed E-state index contributed by atoms with van der Waals surface area (Å²) >= 11 is 3.48. The van der Waals surface area contributed by atoms with E-state index in [1.165, 1.54) is 5.56 Å². The number of hydrogen-bond acceptors (Lipinski definition) is 2. The van der Waals surface area contributed by atoms with Gasteiger partial charge in [-0.25, -0.2) is 0 Å². The Hall–Kier alpha value is -1.32. The molecule has 0 aliphatic heterocycles. The number of halogens is 1. The molecule has 0 fully saturated rings. The van der Waals surface area contributed by atoms with E-state index in [0.29, 0.717) is 0 Å². The van der Waals surface area contributed by atoms with Gasteiger partial charge in [-0.05, 0) is 42.2 Å². The molecule has 3 heteroatoms. The van der Waals surface area contributed by atoms with Crippen molar-refractivity contribution in [3.05, 3.63) is 58.1 Å². The largest absolute Gasteiger partial charge is 0.457 e. The lowest BCUT2D eigenvalue weighted by Gasteiger charge is -2.19. The van der Waals surface area contributed by atoms with E-state index in [2.05, 4.69) is 48.8 Å². The van der Waals surface area contributed by atoms with Gasteiger partial charge in [0.15, 0.2) is 0 Å². The first-order valence-electron chi connectivity index (χ1n) is 7.11. The standard InChI is InChI=1S/C18H22BrNO/c1-12(20)16-10-7-14(19)11-17(16)21-15-8-5-13(6-9-15)18(2,3)4/h5-12H,20H2,1-4H3. The lowest BCUT2D eigenvalue weighted by Crippen LogP contribution is -2.10. The summed E-state index contributed by atoms with van der Waals surface area (Å²) in [6.07, 6.45) is 0. The van der Waals surface area contributed by atoms with Crippen LogP contribution in [0.2, 0.25) is 0 Å². The average molecular weight is 348 g/mol. The summed E-state index contributed by atoms with van der Waals surface area (Å²) in [6, 6.07) is 14.1. The van der Waals surface area contributed by atoms with Gasteiger partial charge < -0.3 is 10.5 Å². The van der Waals surface area contributed by atoms with E-state index in [0.717, 1.165) is 21.5 Å². The molecular weight excluding hydrogens is 326 g/mol. The molecule has 2 aromatic rings. The minimum absolute atomic E-state index is 0.0676. The zero-order valence-electron chi connectivity index (χ0n) is 13.0. The molecule has 1 atom stereocenters. The van der Waals surface area contributed by atoms with Gasteiger partial charge >= 0.3 is 0 Å². The predicted molar refractivity (Wildman–Crippen MR) is 92.0 cm³/mol. The third-order valence-corrected chi connectivity index (χ3v) is 3.91. The van der Waals surface area contributed by atoms with Crippen LogP contribution < -0.4 is 10.5 Å². The van der Waals surface area contributed by atoms with Gasteiger partial charge in [0.2, 0.25) is 0 Å². The van der Waals surface area contributed by atoms with Crippen LogP contribution in [0.15, 0.2) is 46.9 Å². The van der Waals surface area contributed by atoms with Gasteiger partial charge in [0.25, 0.3) is 0 Å². The summed E-state index contributed by atoms with van der Waals surface area (Å²) in [5.74, 6) is 1.62. The molecule has 0 bridgehead atoms. The highest BCUT2D eigenvalue weighted by molar-refractivity contribution is 9.10. The Morgan fingerprint density at radius 3 is 2.19 bits per heavy atom. The smallest absolute Gasteiger partial charge is 0.133 e. The van der Waals surface area contributed by atoms with Crippen molar-refractivity contribution in [3.8, 4) is 11.5 Å². The first-order chi connectivity index (χ1) is 9.77. The van der Waals surface area contributed by atoms with Crippen LogP contribution in [0.5, 0.6) is 11.5 Å². The zero-order valence-corrected chi connectivity index (χ0v) is 14.6. The summed E-state index contributed by atoms with van der Waals surface area (Å²) in [5.41, 5.74) is 8.43. The number of ether oxygens (including phenoxy) is 1. The van der Waals surface area contributed by atoms with Crippen LogP contribution in [0.25, 0.3) is 0 Å². The molecular formula is C18H22BrNO. The molecule has 0 aliphatic rings. The Morgan fingerprint density at radius 2 is 1.67 bits per heavy atom. The van der Waals surface area contributed by atoms with E-state index >= 15 is 0 Å². The summed E-state index contributed by atoms with van der Waals surface area (Å²) in [4.78, 5) is 0. The molecule has 0 spiro atoms. The van der Waals surface area contributed by atoms with Crippen LogP contribution in [0.1, 0.15) is 44.9 Å². The molecule has 2 N–H and O–H groups in total. The fraction of sp³-hybridized carbons (Fsp3) is 0.333. The highest BCUT2D eigenvalue weighted by Gasteiger charge is 2.14. The van der Waals surface area contributed by atoms with Crippen molar-refractivity contribution in [1.29, 1.82) is 0 Å². The zero-order chi connectivity index (χ0) is 15.6. The highest BCUT2D eigenvalue weighted by Crippen LogP contribution is 2.32. The van der Waals surface area contributed by atoms with Crippen LogP contribution in [-0.2, 0) is 5.41 Å². The van der Waals surface area contributed by atoms with E-state index in [9.17, 15) is 0 Å². The van der Waals surface area contributed by atoms with Crippen LogP contribution in [-0.4, -0.2) is 0 Å². The minimum atomic E-state index is -0.0676. The highest BCUT2D eigenvalue weighted by atomic mass is 79.9. The van der Waals surface area contributed by atoms with Gasteiger partial charge in [0, 0.05) is 16.1 Å². The topological polar surface area (TPSA) is 35.2 Å². The Morgan fingerprint density at radius 1 is 1.05 bits per heavy atom. The average Bonchev–Trinajstić information content (AvgIpc) is 2.38. The van der Waals surface area contributed by atoms with E-state index in [1.54, 1.807) is 0 Å². The van der Waals surface area contributed by atoms with Crippen molar-refractivity contribution < 1.29 is 4.74 Å². The molecule has 2 nitrogen and oxygen atoms in total. The maximum atomic E-state index is 6.01. The monoisotopic (exact) mass is 347 g/mol. The fourth-order valence-electron chi connectivity index (χ4n) is 2.12. The van der Waals surface area contributed by atoms with E-state index in [1.807, 2.05) is 37.3 Å². The normalized spacial score (nSPS) is 13.0. The van der Waals surface area contributed by atoms with Crippen molar-refractivity contribution in [2.75, 3.05) is 0 Å². The molecule has 2 aromatic carbocycles. The van der Waals surface area contributed by atoms with E-state index in [4.69, 9.17) is 10.5 Å². The lowest BCUT2D eigenvalue weighted by atomic mass is 9.87. The number of benzene rings is 2. The van der Waals surface area contributed by atoms with Crippen LogP contribution in [0.4, 0.5) is 0 Å². The van der Waals surface area contributed by atoms with Crippen molar-refractivity contribution in [1.82, 2.24) is 0 Å². The Kier molecular flexibility index (Phi) is 4.74. The van der Waals surface area contributed by atoms with E-state index in [-0.39, 0.29) is 11.5 Å². The van der Waals surface area contributed by atoms with Gasteiger partial charge in [-0.2, -0.15) is 0 Å². The molecule has 0 amide bonds. The molecule has 0 aromatic heterocycles. The Balaban J connectivity index is 2.28. The SMILES string of the molecule is CC(N)c1ccc(Br)cc1Oc1ccc(C(C)(C)C)cc1. The van der Waals surface area contributed by atoms with E-state index < -0.39 is 0 Å². The molecule has 0 saturated heterocycles. The summed E-state index contributed by atoms with van der Waals surface area (Å²) in [5, 5.41) is 0. The van der Waals surface area contributed by atoms with Crippen molar-refractivity contribution in [3.63, 3.8) is 0 Å². The first-order valence-corrected chi connectivity index (χ1v) is 7.90. The third kappa shape index (κ3) is 4.08. The molecule has 21 heavy (non-hydrogen) atoms.